The Labute approximate surface area is 123 Å². The van der Waals surface area contributed by atoms with E-state index in [1.54, 1.807) is 16.7 Å². The summed E-state index contributed by atoms with van der Waals surface area (Å²) in [6.45, 7) is 4.70. The molecule has 0 aliphatic carbocycles. The molecule has 0 spiro atoms. The van der Waals surface area contributed by atoms with E-state index in [9.17, 15) is 4.39 Å². The molecule has 0 radical (unpaired) electrons. The van der Waals surface area contributed by atoms with Crippen molar-refractivity contribution in [1.82, 2.24) is 9.38 Å². The van der Waals surface area contributed by atoms with E-state index in [-0.39, 0.29) is 11.9 Å². The predicted molar refractivity (Wildman–Crippen MR) is 80.6 cm³/mol. The zero-order valence-corrected chi connectivity index (χ0v) is 12.1. The minimum atomic E-state index is -0.275. The van der Waals surface area contributed by atoms with Gasteiger partial charge in [-0.3, -0.25) is 4.40 Å². The Bertz CT molecular complexity index is 749. The number of rotatable bonds is 4. The predicted octanol–water partition coefficient (Wildman–Crippen LogP) is 4.24. The number of hydrogen-bond donors (Lipinski definition) is 0. The molecule has 0 bridgehead atoms. The van der Waals surface area contributed by atoms with Crippen molar-refractivity contribution in [2.75, 3.05) is 6.61 Å². The third kappa shape index (κ3) is 2.67. The molecular formula is C17H17FN2O. The second kappa shape index (κ2) is 5.66. The summed E-state index contributed by atoms with van der Waals surface area (Å²) in [5.41, 5.74) is 3.74. The van der Waals surface area contributed by atoms with Crippen molar-refractivity contribution in [3.05, 3.63) is 60.2 Å². The van der Waals surface area contributed by atoms with Crippen LogP contribution in [0.2, 0.25) is 0 Å². The van der Waals surface area contributed by atoms with E-state index < -0.39 is 0 Å². The van der Waals surface area contributed by atoms with E-state index in [2.05, 4.69) is 4.98 Å². The molecule has 0 amide bonds. The first-order chi connectivity index (χ1) is 10.2. The van der Waals surface area contributed by atoms with Gasteiger partial charge in [0.25, 0.3) is 0 Å². The van der Waals surface area contributed by atoms with Crippen LogP contribution in [0.25, 0.3) is 16.9 Å². The van der Waals surface area contributed by atoms with E-state index >= 15 is 0 Å². The topological polar surface area (TPSA) is 26.5 Å². The van der Waals surface area contributed by atoms with Crippen molar-refractivity contribution in [2.24, 2.45) is 0 Å². The molecule has 1 atom stereocenters. The maximum atomic E-state index is 13.4. The molecule has 3 nitrogen and oxygen atoms in total. The third-order valence-corrected chi connectivity index (χ3v) is 3.56. The first kappa shape index (κ1) is 13.8. The summed E-state index contributed by atoms with van der Waals surface area (Å²) in [5, 5.41) is 0. The van der Waals surface area contributed by atoms with Gasteiger partial charge in [-0.15, -0.1) is 0 Å². The largest absolute Gasteiger partial charge is 0.374 e. The molecule has 3 aromatic rings. The van der Waals surface area contributed by atoms with Gasteiger partial charge in [0.2, 0.25) is 0 Å². The minimum absolute atomic E-state index is 0.0729. The van der Waals surface area contributed by atoms with Crippen LogP contribution in [0.3, 0.4) is 0 Å². The van der Waals surface area contributed by atoms with Gasteiger partial charge >= 0.3 is 0 Å². The number of hydrogen-bond acceptors (Lipinski definition) is 2. The SMILES string of the molecule is CCOC(C)c1ccc(-c2cnc3ccc(F)cn23)cc1. The van der Waals surface area contributed by atoms with E-state index in [4.69, 9.17) is 4.74 Å². The lowest BCUT2D eigenvalue weighted by molar-refractivity contribution is 0.0764. The Morgan fingerprint density at radius 1 is 1.19 bits per heavy atom. The second-order valence-electron chi connectivity index (χ2n) is 4.94. The van der Waals surface area contributed by atoms with Gasteiger partial charge in [0.1, 0.15) is 11.5 Å². The zero-order chi connectivity index (χ0) is 14.8. The standard InChI is InChI=1S/C17H17FN2O/c1-3-21-12(2)13-4-6-14(7-5-13)16-10-19-17-9-8-15(18)11-20(16)17/h4-12H,3H2,1-2H3. The monoisotopic (exact) mass is 284 g/mol. The van der Waals surface area contributed by atoms with Crippen molar-refractivity contribution < 1.29 is 9.13 Å². The number of benzene rings is 1. The molecule has 1 aromatic carbocycles. The Morgan fingerprint density at radius 2 is 1.95 bits per heavy atom. The Hall–Kier alpha value is -2.20. The first-order valence-corrected chi connectivity index (χ1v) is 7.03. The highest BCUT2D eigenvalue weighted by Gasteiger charge is 2.09. The number of aromatic nitrogens is 2. The van der Waals surface area contributed by atoms with E-state index in [1.807, 2.05) is 38.1 Å². The molecule has 0 aliphatic heterocycles. The summed E-state index contributed by atoms with van der Waals surface area (Å²) in [4.78, 5) is 4.29. The smallest absolute Gasteiger partial charge is 0.139 e. The van der Waals surface area contributed by atoms with Crippen LogP contribution in [0.1, 0.15) is 25.5 Å². The highest BCUT2D eigenvalue weighted by atomic mass is 19.1. The van der Waals surface area contributed by atoms with Crippen LogP contribution in [0.15, 0.2) is 48.8 Å². The first-order valence-electron chi connectivity index (χ1n) is 7.03. The number of nitrogens with zero attached hydrogens (tertiary/aromatic N) is 2. The fourth-order valence-corrected chi connectivity index (χ4v) is 2.44. The summed E-state index contributed by atoms with van der Waals surface area (Å²) in [7, 11) is 0. The van der Waals surface area contributed by atoms with Crippen LogP contribution >= 0.6 is 0 Å². The van der Waals surface area contributed by atoms with E-state index in [0.29, 0.717) is 6.61 Å². The molecule has 2 aromatic heterocycles. The summed E-state index contributed by atoms with van der Waals surface area (Å²) < 4.78 is 20.7. The summed E-state index contributed by atoms with van der Waals surface area (Å²) in [6, 6.07) is 11.2. The van der Waals surface area contributed by atoms with Crippen LogP contribution < -0.4 is 0 Å². The lowest BCUT2D eigenvalue weighted by Crippen LogP contribution is -1.99. The van der Waals surface area contributed by atoms with Crippen molar-refractivity contribution in [3.63, 3.8) is 0 Å². The van der Waals surface area contributed by atoms with Crippen molar-refractivity contribution in [3.8, 4) is 11.3 Å². The normalized spacial score (nSPS) is 12.7. The molecule has 3 rings (SSSR count). The third-order valence-electron chi connectivity index (χ3n) is 3.56. The minimum Gasteiger partial charge on any atom is -0.374 e. The molecule has 1 unspecified atom stereocenters. The van der Waals surface area contributed by atoms with Gasteiger partial charge in [0, 0.05) is 18.4 Å². The molecule has 21 heavy (non-hydrogen) atoms. The van der Waals surface area contributed by atoms with Crippen LogP contribution in [-0.2, 0) is 4.74 Å². The molecule has 0 saturated carbocycles. The zero-order valence-electron chi connectivity index (χ0n) is 12.1. The van der Waals surface area contributed by atoms with Gasteiger partial charge in [-0.2, -0.15) is 0 Å². The quantitative estimate of drug-likeness (QED) is 0.716. The van der Waals surface area contributed by atoms with Gasteiger partial charge in [-0.25, -0.2) is 9.37 Å². The molecule has 2 heterocycles. The highest BCUT2D eigenvalue weighted by molar-refractivity contribution is 5.63. The lowest BCUT2D eigenvalue weighted by atomic mass is 10.1. The number of halogens is 1. The average Bonchev–Trinajstić information content (AvgIpc) is 2.90. The molecule has 0 fully saturated rings. The van der Waals surface area contributed by atoms with Crippen molar-refractivity contribution >= 4 is 5.65 Å². The van der Waals surface area contributed by atoms with Crippen LogP contribution in [0.5, 0.6) is 0 Å². The molecule has 108 valence electrons. The fourth-order valence-electron chi connectivity index (χ4n) is 2.44. The molecule has 0 N–H and O–H groups in total. The number of imidazole rings is 1. The van der Waals surface area contributed by atoms with Crippen LogP contribution in [0.4, 0.5) is 4.39 Å². The summed E-state index contributed by atoms with van der Waals surface area (Å²) in [6.07, 6.45) is 3.29. The maximum absolute atomic E-state index is 13.4. The number of pyridine rings is 1. The Balaban J connectivity index is 1.97. The molecule has 4 heteroatoms. The highest BCUT2D eigenvalue weighted by Crippen LogP contribution is 2.24. The van der Waals surface area contributed by atoms with Crippen molar-refractivity contribution in [2.45, 2.75) is 20.0 Å². The number of ether oxygens (including phenoxy) is 1. The van der Waals surface area contributed by atoms with Crippen LogP contribution in [0, 0.1) is 5.82 Å². The van der Waals surface area contributed by atoms with Crippen molar-refractivity contribution in [1.29, 1.82) is 0 Å². The number of fused-ring (bicyclic) bond motifs is 1. The second-order valence-corrected chi connectivity index (χ2v) is 4.94. The maximum Gasteiger partial charge on any atom is 0.139 e. The van der Waals surface area contributed by atoms with E-state index in [0.717, 1.165) is 22.5 Å². The van der Waals surface area contributed by atoms with Gasteiger partial charge in [-0.05, 0) is 31.5 Å². The van der Waals surface area contributed by atoms with E-state index in [1.165, 1.54) is 12.3 Å². The van der Waals surface area contributed by atoms with Gasteiger partial charge in [0.05, 0.1) is 18.0 Å². The fraction of sp³-hybridized carbons (Fsp3) is 0.235. The Morgan fingerprint density at radius 3 is 2.67 bits per heavy atom. The van der Waals surface area contributed by atoms with Crippen LogP contribution in [-0.4, -0.2) is 16.0 Å². The van der Waals surface area contributed by atoms with Gasteiger partial charge in [0.15, 0.2) is 0 Å². The summed E-state index contributed by atoms with van der Waals surface area (Å²) in [5.74, 6) is -0.275. The molecule has 0 saturated heterocycles. The molecule has 0 aliphatic rings. The average molecular weight is 284 g/mol. The van der Waals surface area contributed by atoms with Gasteiger partial charge < -0.3 is 4.74 Å². The summed E-state index contributed by atoms with van der Waals surface area (Å²) >= 11 is 0. The van der Waals surface area contributed by atoms with Gasteiger partial charge in [-0.1, -0.05) is 24.3 Å². The lowest BCUT2D eigenvalue weighted by Gasteiger charge is -2.12. The molecular weight excluding hydrogens is 267 g/mol. The Kier molecular flexibility index (Phi) is 3.71.